The number of anilines is 1. The van der Waals surface area contributed by atoms with Gasteiger partial charge in [0, 0.05) is 11.8 Å². The largest absolute Gasteiger partial charge is 0.469 e. The minimum Gasteiger partial charge on any atom is -0.387 e. The van der Waals surface area contributed by atoms with Crippen molar-refractivity contribution in [1.82, 2.24) is 19.5 Å². The molecule has 12 nitrogen and oxygen atoms in total. The third kappa shape index (κ3) is 5.29. The molecule has 1 fully saturated rings. The van der Waals surface area contributed by atoms with Crippen LogP contribution in [0.3, 0.4) is 0 Å². The lowest BCUT2D eigenvalue weighted by Gasteiger charge is -2.17. The van der Waals surface area contributed by atoms with Crippen LogP contribution in [-0.2, 0) is 13.8 Å². The predicted octanol–water partition coefficient (Wildman–Crippen LogP) is 0.877. The van der Waals surface area contributed by atoms with Crippen molar-refractivity contribution < 1.29 is 33.8 Å². The van der Waals surface area contributed by atoms with Crippen LogP contribution in [0.1, 0.15) is 33.4 Å². The third-order valence-electron chi connectivity index (χ3n) is 4.28. The molecular formula is C16H26N5O7PS. The van der Waals surface area contributed by atoms with Crippen LogP contribution in [0.2, 0.25) is 0 Å². The molecule has 0 unspecified atom stereocenters. The van der Waals surface area contributed by atoms with Crippen molar-refractivity contribution in [1.29, 1.82) is 0 Å². The van der Waals surface area contributed by atoms with E-state index in [2.05, 4.69) is 24.8 Å². The van der Waals surface area contributed by atoms with Crippen LogP contribution < -0.4 is 5.32 Å². The van der Waals surface area contributed by atoms with Gasteiger partial charge in [-0.2, -0.15) is 0 Å². The van der Waals surface area contributed by atoms with Crippen molar-refractivity contribution in [2.75, 3.05) is 17.7 Å². The van der Waals surface area contributed by atoms with E-state index in [9.17, 15) is 14.8 Å². The molecule has 168 valence electrons. The topological polar surface area (TPSA) is 172 Å². The summed E-state index contributed by atoms with van der Waals surface area (Å²) in [6, 6.07) is 0.0987. The summed E-state index contributed by atoms with van der Waals surface area (Å²) in [6.07, 6.45) is -2.64. The summed E-state index contributed by atoms with van der Waals surface area (Å²) >= 11 is 1.48. The Morgan fingerprint density at radius 2 is 2.07 bits per heavy atom. The van der Waals surface area contributed by atoms with Crippen molar-refractivity contribution in [3.8, 4) is 0 Å². The maximum absolute atomic E-state index is 10.9. The Kier molecular flexibility index (Phi) is 7.36. The summed E-state index contributed by atoms with van der Waals surface area (Å²) in [5.41, 5.74) is 0.879. The number of phosphoric ester groups is 1. The van der Waals surface area contributed by atoms with Crippen LogP contribution in [0.5, 0.6) is 0 Å². The second kappa shape index (κ2) is 9.45. The van der Waals surface area contributed by atoms with Crippen molar-refractivity contribution in [2.45, 2.75) is 62.9 Å². The third-order valence-corrected chi connectivity index (χ3v) is 5.82. The molecule has 14 heteroatoms. The number of nitrogens with one attached hydrogen (secondary N) is 1. The van der Waals surface area contributed by atoms with E-state index in [-0.39, 0.29) is 6.04 Å². The predicted molar refractivity (Wildman–Crippen MR) is 109 cm³/mol. The zero-order valence-corrected chi connectivity index (χ0v) is 18.5. The number of fused-ring (bicyclic) bond motifs is 1. The second-order valence-corrected chi connectivity index (χ2v) is 9.46. The number of nitrogens with zero attached hydrogens (tertiary/aromatic N) is 4. The summed E-state index contributed by atoms with van der Waals surface area (Å²) in [6.45, 7) is 5.40. The highest BCUT2D eigenvalue weighted by molar-refractivity contribution is 7.99. The highest BCUT2D eigenvalue weighted by Gasteiger charge is 2.45. The summed E-state index contributed by atoms with van der Waals surface area (Å²) in [4.78, 5) is 31.2. The summed E-state index contributed by atoms with van der Waals surface area (Å²) in [5, 5.41) is 24.5. The number of thioether (sulfide) groups is 1. The fourth-order valence-electron chi connectivity index (χ4n) is 2.98. The van der Waals surface area contributed by atoms with E-state index < -0.39 is 39.0 Å². The van der Waals surface area contributed by atoms with Gasteiger partial charge >= 0.3 is 7.82 Å². The minimum atomic E-state index is -4.74. The Morgan fingerprint density at radius 1 is 1.33 bits per heavy atom. The maximum Gasteiger partial charge on any atom is 0.469 e. The first-order chi connectivity index (χ1) is 14.1. The Hall–Kier alpha value is -1.31. The van der Waals surface area contributed by atoms with E-state index in [0.29, 0.717) is 22.1 Å². The van der Waals surface area contributed by atoms with Gasteiger partial charge in [0.25, 0.3) is 0 Å². The molecule has 0 radical (unpaired) electrons. The quantitative estimate of drug-likeness (QED) is 0.202. The number of aromatic nitrogens is 4. The lowest BCUT2D eigenvalue weighted by molar-refractivity contribution is -0.0504. The standard InChI is InChI=1S/C16H26N5O7PS/c1-4-5-30-16-19-13(18-8(2)3)10-14(20-16)21(7-17-10)15-12(23)11(22)9(28-15)6-27-29(24,25)26/h7-9,11-12,15,22-23H,4-6H2,1-3H3,(H,18,19,20)(H2,24,25,26)/t9-,11-,12-,15-/m1/s1. The first-order valence-electron chi connectivity index (χ1n) is 9.46. The summed E-state index contributed by atoms with van der Waals surface area (Å²) < 4.78 is 22.5. The number of hydrogen-bond acceptors (Lipinski definition) is 10. The van der Waals surface area contributed by atoms with E-state index in [1.165, 1.54) is 22.7 Å². The van der Waals surface area contributed by atoms with Crippen molar-refractivity contribution >= 4 is 36.6 Å². The fraction of sp³-hybridized carbons (Fsp3) is 0.688. The smallest absolute Gasteiger partial charge is 0.387 e. The molecule has 1 saturated heterocycles. The normalized spacial score (nSPS) is 24.8. The van der Waals surface area contributed by atoms with E-state index in [1.807, 2.05) is 20.8 Å². The molecule has 0 aliphatic carbocycles. The molecule has 2 aromatic rings. The molecule has 30 heavy (non-hydrogen) atoms. The maximum atomic E-state index is 10.9. The van der Waals surface area contributed by atoms with Gasteiger partial charge in [0.1, 0.15) is 18.3 Å². The Balaban J connectivity index is 1.94. The average molecular weight is 463 g/mol. The first kappa shape index (κ1) is 23.4. The number of aliphatic hydroxyl groups excluding tert-OH is 2. The summed E-state index contributed by atoms with van der Waals surface area (Å²) in [7, 11) is -4.74. The van der Waals surface area contributed by atoms with Gasteiger partial charge in [-0.25, -0.2) is 19.5 Å². The molecule has 1 aliphatic rings. The molecule has 0 aromatic carbocycles. The van der Waals surface area contributed by atoms with Crippen LogP contribution in [0.4, 0.5) is 5.82 Å². The Labute approximate surface area is 177 Å². The fourth-order valence-corrected chi connectivity index (χ4v) is 4.02. The first-order valence-corrected chi connectivity index (χ1v) is 12.0. The molecule has 0 bridgehead atoms. The molecule has 0 spiro atoms. The van der Waals surface area contributed by atoms with Gasteiger partial charge in [0.15, 0.2) is 28.4 Å². The van der Waals surface area contributed by atoms with Crippen LogP contribution in [-0.4, -0.2) is 76.2 Å². The van der Waals surface area contributed by atoms with Crippen LogP contribution >= 0.6 is 19.6 Å². The minimum absolute atomic E-state index is 0.0987. The average Bonchev–Trinajstić information content (AvgIpc) is 3.19. The lowest BCUT2D eigenvalue weighted by atomic mass is 10.1. The number of aliphatic hydroxyl groups is 2. The van der Waals surface area contributed by atoms with Crippen molar-refractivity contribution in [3.05, 3.63) is 6.33 Å². The monoisotopic (exact) mass is 463 g/mol. The second-order valence-electron chi connectivity index (χ2n) is 7.16. The molecular weight excluding hydrogens is 437 g/mol. The van der Waals surface area contributed by atoms with Gasteiger partial charge in [0.2, 0.25) is 0 Å². The molecule has 3 rings (SSSR count). The summed E-state index contributed by atoms with van der Waals surface area (Å²) in [5.74, 6) is 1.37. The molecule has 1 aliphatic heterocycles. The zero-order chi connectivity index (χ0) is 22.1. The van der Waals surface area contributed by atoms with E-state index in [4.69, 9.17) is 14.5 Å². The highest BCUT2D eigenvalue weighted by Crippen LogP contribution is 2.39. The Bertz CT molecular complexity index is 923. The van der Waals surface area contributed by atoms with Gasteiger partial charge in [-0.15, -0.1) is 0 Å². The van der Waals surface area contributed by atoms with Crippen molar-refractivity contribution in [3.63, 3.8) is 0 Å². The lowest BCUT2D eigenvalue weighted by Crippen LogP contribution is -2.33. The number of imidazole rings is 1. The molecule has 4 atom stereocenters. The van der Waals surface area contributed by atoms with Crippen LogP contribution in [0, 0.1) is 0 Å². The van der Waals surface area contributed by atoms with Gasteiger partial charge < -0.3 is 30.1 Å². The van der Waals surface area contributed by atoms with Gasteiger partial charge in [-0.05, 0) is 20.3 Å². The molecule has 0 amide bonds. The number of hydrogen-bond donors (Lipinski definition) is 5. The number of phosphoric acid groups is 1. The van der Waals surface area contributed by atoms with E-state index in [1.54, 1.807) is 0 Å². The molecule has 3 heterocycles. The van der Waals surface area contributed by atoms with Crippen molar-refractivity contribution in [2.24, 2.45) is 0 Å². The molecule has 5 N–H and O–H groups in total. The van der Waals surface area contributed by atoms with E-state index in [0.717, 1.165) is 12.2 Å². The number of ether oxygens (including phenoxy) is 1. The van der Waals surface area contributed by atoms with Gasteiger partial charge in [-0.1, -0.05) is 18.7 Å². The van der Waals surface area contributed by atoms with E-state index >= 15 is 0 Å². The number of rotatable bonds is 9. The highest BCUT2D eigenvalue weighted by atomic mass is 32.2. The van der Waals surface area contributed by atoms with Gasteiger partial charge in [-0.3, -0.25) is 9.09 Å². The van der Waals surface area contributed by atoms with Crippen LogP contribution in [0.25, 0.3) is 11.2 Å². The van der Waals surface area contributed by atoms with Crippen LogP contribution in [0.15, 0.2) is 11.5 Å². The molecule has 2 aromatic heterocycles. The Morgan fingerprint density at radius 3 is 2.70 bits per heavy atom. The SMILES string of the molecule is CCCSc1nc(NC(C)C)c2ncn([C@@H]3O[C@H](COP(=O)(O)O)[C@@H](O)[C@H]3O)c2n1. The molecule has 0 saturated carbocycles. The van der Waals surface area contributed by atoms with Gasteiger partial charge in [0.05, 0.1) is 12.9 Å². The zero-order valence-electron chi connectivity index (χ0n) is 16.7.